The topological polar surface area (TPSA) is 121 Å². The van der Waals surface area contributed by atoms with Crippen LogP contribution in [0.25, 0.3) is 6.08 Å². The molecular weight excluding hydrogens is 500 g/mol. The normalized spacial score (nSPS) is 16.6. The Labute approximate surface area is 214 Å². The number of fused-ring (bicyclic) bond motifs is 1. The second-order valence-electron chi connectivity index (χ2n) is 8.25. The molecule has 0 saturated heterocycles. The van der Waals surface area contributed by atoms with Gasteiger partial charge in [-0.3, -0.25) is 10.2 Å². The van der Waals surface area contributed by atoms with Gasteiger partial charge in [0, 0.05) is 6.42 Å². The van der Waals surface area contributed by atoms with E-state index in [1.165, 1.54) is 13.0 Å². The Morgan fingerprint density at radius 1 is 1.03 bits per heavy atom. The zero-order valence-corrected chi connectivity index (χ0v) is 21.8. The van der Waals surface area contributed by atoms with Crippen LogP contribution in [0.15, 0.2) is 57.4 Å². The number of ether oxygens (including phenoxy) is 2. The monoisotopic (exact) mass is 526 g/mol. The van der Waals surface area contributed by atoms with Crippen LogP contribution in [0.1, 0.15) is 30.0 Å². The fourth-order valence-electron chi connectivity index (χ4n) is 3.61. The van der Waals surface area contributed by atoms with Crippen molar-refractivity contribution >= 4 is 49.9 Å². The van der Waals surface area contributed by atoms with E-state index < -0.39 is 15.7 Å². The van der Waals surface area contributed by atoms with Crippen molar-refractivity contribution < 1.29 is 22.7 Å². The van der Waals surface area contributed by atoms with Crippen molar-refractivity contribution in [1.82, 2.24) is 4.90 Å². The number of hydrogen-bond acceptors (Lipinski definition) is 8. The molecule has 36 heavy (non-hydrogen) atoms. The van der Waals surface area contributed by atoms with E-state index in [1.807, 2.05) is 26.0 Å². The number of aliphatic imine (C=N–C) groups is 1. The Hall–Kier alpha value is -3.44. The third-order valence-corrected chi connectivity index (χ3v) is 7.77. The van der Waals surface area contributed by atoms with Gasteiger partial charge in [-0.1, -0.05) is 25.1 Å². The first-order chi connectivity index (χ1) is 17.2. The van der Waals surface area contributed by atoms with Gasteiger partial charge >= 0.3 is 0 Å². The molecule has 2 aliphatic rings. The zero-order valence-electron chi connectivity index (χ0n) is 20.1. The summed E-state index contributed by atoms with van der Waals surface area (Å²) >= 11 is 0.776. The molecule has 0 saturated carbocycles. The van der Waals surface area contributed by atoms with Gasteiger partial charge in [0.2, 0.25) is 20.2 Å². The highest BCUT2D eigenvalue weighted by atomic mass is 32.2. The molecule has 2 heterocycles. The summed E-state index contributed by atoms with van der Waals surface area (Å²) < 4.78 is 40.2. The number of carbonyl (C=O) groups is 1. The van der Waals surface area contributed by atoms with E-state index in [9.17, 15) is 13.2 Å². The molecule has 1 N–H and O–H groups in total. The van der Waals surface area contributed by atoms with Crippen LogP contribution in [0, 0.1) is 19.3 Å². The minimum Gasteiger partial charge on any atom is -0.493 e. The van der Waals surface area contributed by atoms with Gasteiger partial charge in [-0.2, -0.15) is 9.39 Å². The van der Waals surface area contributed by atoms with Crippen LogP contribution in [-0.2, 0) is 14.6 Å². The molecule has 0 aromatic heterocycles. The van der Waals surface area contributed by atoms with E-state index in [2.05, 4.69) is 15.5 Å². The number of benzene rings is 2. The van der Waals surface area contributed by atoms with E-state index in [0.29, 0.717) is 30.9 Å². The van der Waals surface area contributed by atoms with Crippen LogP contribution in [0.4, 0.5) is 0 Å². The van der Waals surface area contributed by atoms with Crippen LogP contribution in [0.5, 0.6) is 11.5 Å². The van der Waals surface area contributed by atoms with Gasteiger partial charge in [-0.15, -0.1) is 0 Å². The lowest BCUT2D eigenvalue weighted by molar-refractivity contribution is -0.114. The summed E-state index contributed by atoms with van der Waals surface area (Å²) in [4.78, 5) is 17.5. The van der Waals surface area contributed by atoms with Crippen molar-refractivity contribution in [3.05, 3.63) is 64.7 Å². The minimum absolute atomic E-state index is 0.0162. The maximum absolute atomic E-state index is 12.5. The Morgan fingerprint density at radius 3 is 2.31 bits per heavy atom. The van der Waals surface area contributed by atoms with Gasteiger partial charge < -0.3 is 9.47 Å². The lowest BCUT2D eigenvalue weighted by atomic mass is 10.1. The first-order valence-electron chi connectivity index (χ1n) is 11.3. The molecule has 0 spiro atoms. The predicted octanol–water partition coefficient (Wildman–Crippen LogP) is 4.16. The molecular formula is C25H26N4O5S2. The number of nitrogens with zero attached hydrogens (tertiary/aromatic N) is 3. The average Bonchev–Trinajstić information content (AvgIpc) is 3.27. The summed E-state index contributed by atoms with van der Waals surface area (Å²) in [6, 6.07) is 13.1. The third kappa shape index (κ3) is 5.68. The lowest BCUT2D eigenvalue weighted by Crippen LogP contribution is -2.45. The fourth-order valence-corrected chi connectivity index (χ4v) is 5.57. The summed E-state index contributed by atoms with van der Waals surface area (Å²) in [5.74, 6) is 0.453. The molecule has 0 bridgehead atoms. The van der Waals surface area contributed by atoms with Crippen LogP contribution >= 0.6 is 11.9 Å². The standard InChI is InChI=1S/C25H26N4O5S2/c1-4-36(31,32)25-28-35-24-27-23(30)21(22(26)29(24)25)15-18-6-8-19(9-7-18)33-10-5-11-34-20-13-16(2)12-17(3)14-20/h6-9,12-15,26H,4-5,10-11H2,1-3H3/b21-15-,26-22?. The number of amides is 1. The van der Waals surface area contributed by atoms with E-state index >= 15 is 0 Å². The van der Waals surface area contributed by atoms with Crippen molar-refractivity contribution in [1.29, 1.82) is 5.41 Å². The smallest absolute Gasteiger partial charge is 0.283 e. The highest BCUT2D eigenvalue weighted by Crippen LogP contribution is 2.30. The molecule has 4 rings (SSSR count). The van der Waals surface area contributed by atoms with Crippen LogP contribution < -0.4 is 9.47 Å². The van der Waals surface area contributed by atoms with Crippen molar-refractivity contribution in [2.45, 2.75) is 27.2 Å². The van der Waals surface area contributed by atoms with Crippen molar-refractivity contribution in [3.63, 3.8) is 0 Å². The quantitative estimate of drug-likeness (QED) is 0.311. The highest BCUT2D eigenvalue weighted by molar-refractivity contribution is 8.16. The molecule has 2 aromatic carbocycles. The van der Waals surface area contributed by atoms with E-state index in [0.717, 1.165) is 33.7 Å². The molecule has 2 aliphatic heterocycles. The largest absolute Gasteiger partial charge is 0.493 e. The van der Waals surface area contributed by atoms with Crippen LogP contribution in [0.2, 0.25) is 0 Å². The predicted molar refractivity (Wildman–Crippen MR) is 142 cm³/mol. The van der Waals surface area contributed by atoms with Crippen molar-refractivity contribution in [2.75, 3.05) is 19.0 Å². The van der Waals surface area contributed by atoms with E-state index in [1.54, 1.807) is 24.3 Å². The van der Waals surface area contributed by atoms with Crippen molar-refractivity contribution in [2.24, 2.45) is 9.39 Å². The molecule has 0 fully saturated rings. The first-order valence-corrected chi connectivity index (χ1v) is 13.8. The number of hydrogen-bond donors (Lipinski definition) is 1. The highest BCUT2D eigenvalue weighted by Gasteiger charge is 2.42. The third-order valence-electron chi connectivity index (χ3n) is 5.36. The fraction of sp³-hybridized carbons (Fsp3) is 0.280. The van der Waals surface area contributed by atoms with Gasteiger partial charge in [-0.05, 0) is 60.9 Å². The number of carbonyl (C=O) groups excluding carboxylic acids is 1. The molecule has 0 atom stereocenters. The van der Waals surface area contributed by atoms with Gasteiger partial charge in [0.05, 0.1) is 36.5 Å². The Kier molecular flexibility index (Phi) is 7.60. The van der Waals surface area contributed by atoms with Gasteiger partial charge in [0.15, 0.2) is 0 Å². The Bertz CT molecular complexity index is 1380. The van der Waals surface area contributed by atoms with Gasteiger partial charge in [-0.25, -0.2) is 13.3 Å². The molecule has 1 amide bonds. The summed E-state index contributed by atoms with van der Waals surface area (Å²) in [7, 11) is -3.68. The van der Waals surface area contributed by atoms with Gasteiger partial charge in [0.1, 0.15) is 17.3 Å². The number of rotatable bonds is 8. The van der Waals surface area contributed by atoms with E-state index in [-0.39, 0.29) is 27.5 Å². The number of amidine groups is 3. The Balaban J connectivity index is 1.35. The molecule has 9 nitrogen and oxygen atoms in total. The number of aryl methyl sites for hydroxylation is 2. The summed E-state index contributed by atoms with van der Waals surface area (Å²) in [6.45, 7) is 6.58. The maximum Gasteiger partial charge on any atom is 0.283 e. The van der Waals surface area contributed by atoms with Crippen LogP contribution in [-0.4, -0.2) is 54.4 Å². The zero-order chi connectivity index (χ0) is 25.9. The minimum atomic E-state index is -3.68. The van der Waals surface area contributed by atoms with Crippen LogP contribution in [0.3, 0.4) is 0 Å². The molecule has 0 aliphatic carbocycles. The first kappa shape index (κ1) is 25.6. The average molecular weight is 527 g/mol. The lowest BCUT2D eigenvalue weighted by Gasteiger charge is -2.24. The second kappa shape index (κ2) is 10.7. The second-order valence-corrected chi connectivity index (χ2v) is 11.2. The summed E-state index contributed by atoms with van der Waals surface area (Å²) in [5, 5.41) is 8.25. The molecule has 11 heteroatoms. The van der Waals surface area contributed by atoms with E-state index in [4.69, 9.17) is 14.9 Å². The van der Waals surface area contributed by atoms with Crippen molar-refractivity contribution in [3.8, 4) is 11.5 Å². The SMILES string of the molecule is CCS(=O)(=O)C1=NSC2=NC(=O)/C(=C\c3ccc(OCCCOc4cc(C)cc(C)c4)cc3)C(=N)N21. The molecule has 0 radical (unpaired) electrons. The number of nitrogens with one attached hydrogen (secondary N) is 1. The van der Waals surface area contributed by atoms with Gasteiger partial charge in [0.25, 0.3) is 5.91 Å². The maximum atomic E-state index is 12.5. The number of sulfone groups is 1. The summed E-state index contributed by atoms with van der Waals surface area (Å²) in [6.07, 6.45) is 2.22. The molecule has 2 aromatic rings. The molecule has 188 valence electrons. The Morgan fingerprint density at radius 2 is 1.67 bits per heavy atom. The summed E-state index contributed by atoms with van der Waals surface area (Å²) in [5.41, 5.74) is 2.95. The molecule has 0 unspecified atom stereocenters.